The first-order valence-electron chi connectivity index (χ1n) is 15.3. The fourth-order valence-corrected chi connectivity index (χ4v) is 6.49. The summed E-state index contributed by atoms with van der Waals surface area (Å²) < 4.78 is 11.3. The number of amides is 1. The van der Waals surface area contributed by atoms with Gasteiger partial charge in [0.15, 0.2) is 0 Å². The highest BCUT2D eigenvalue weighted by Gasteiger charge is 2.35. The Morgan fingerprint density at radius 2 is 1.90 bits per heavy atom. The van der Waals surface area contributed by atoms with Gasteiger partial charge < -0.3 is 25.8 Å². The maximum absolute atomic E-state index is 13.5. The number of carbonyl (C=O) groups is 1. The zero-order chi connectivity index (χ0) is 29.1. The molecule has 2 aromatic carbocycles. The van der Waals surface area contributed by atoms with Crippen molar-refractivity contribution in [1.29, 1.82) is 0 Å². The van der Waals surface area contributed by atoms with E-state index < -0.39 is 0 Å². The third-order valence-electron chi connectivity index (χ3n) is 9.27. The Morgan fingerprint density at radius 3 is 2.55 bits per heavy atom. The number of nitrogens with one attached hydrogen (secondary N) is 2. The summed E-state index contributed by atoms with van der Waals surface area (Å²) in [5.74, 6) is 1.87. The van der Waals surface area contributed by atoms with Crippen LogP contribution in [-0.2, 0) is 11.2 Å². The molecule has 8 heteroatoms. The predicted octanol–water partition coefficient (Wildman–Crippen LogP) is 4.52. The number of piperidine rings is 1. The van der Waals surface area contributed by atoms with Crippen LogP contribution in [0.15, 0.2) is 60.8 Å². The SMILES string of the molecule is CNC(c1ccc(CC2CCN(C3COC3)CC2)c(OC)c1)c1cc(C(=O)NC(c2ccccn2)C2CC2)ccc1N. The fourth-order valence-electron chi connectivity index (χ4n) is 6.49. The molecule has 42 heavy (non-hydrogen) atoms. The van der Waals surface area contributed by atoms with Gasteiger partial charge in [0.25, 0.3) is 5.91 Å². The Morgan fingerprint density at radius 1 is 1.10 bits per heavy atom. The van der Waals surface area contributed by atoms with Crippen LogP contribution in [0.4, 0.5) is 5.69 Å². The van der Waals surface area contributed by atoms with Gasteiger partial charge in [-0.2, -0.15) is 0 Å². The van der Waals surface area contributed by atoms with Gasteiger partial charge in [-0.05, 0) is 117 Å². The number of pyridine rings is 1. The van der Waals surface area contributed by atoms with E-state index in [-0.39, 0.29) is 18.0 Å². The molecule has 1 aliphatic carbocycles. The average Bonchev–Trinajstić information content (AvgIpc) is 3.84. The van der Waals surface area contributed by atoms with Crippen molar-refractivity contribution in [2.24, 2.45) is 11.8 Å². The number of rotatable bonds is 11. The Balaban J connectivity index is 1.17. The minimum atomic E-state index is -0.191. The van der Waals surface area contributed by atoms with Crippen LogP contribution in [0.25, 0.3) is 0 Å². The fraction of sp³-hybridized carbons (Fsp3) is 0.471. The maximum Gasteiger partial charge on any atom is 0.251 e. The molecule has 2 atom stereocenters. The lowest BCUT2D eigenvalue weighted by atomic mass is 9.88. The molecule has 3 aromatic rings. The van der Waals surface area contributed by atoms with Crippen molar-refractivity contribution in [2.75, 3.05) is 46.2 Å². The molecule has 0 bridgehead atoms. The van der Waals surface area contributed by atoms with Crippen LogP contribution < -0.4 is 21.1 Å². The van der Waals surface area contributed by atoms with E-state index in [1.807, 2.05) is 37.4 Å². The molecule has 0 radical (unpaired) electrons. The Bertz CT molecular complexity index is 1370. The molecule has 3 heterocycles. The quantitative estimate of drug-likeness (QED) is 0.292. The zero-order valence-electron chi connectivity index (χ0n) is 24.7. The number of nitrogen functional groups attached to an aromatic ring is 1. The van der Waals surface area contributed by atoms with Gasteiger partial charge in [-0.15, -0.1) is 0 Å². The van der Waals surface area contributed by atoms with Crippen molar-refractivity contribution in [3.8, 4) is 5.75 Å². The second-order valence-electron chi connectivity index (χ2n) is 12.1. The summed E-state index contributed by atoms with van der Waals surface area (Å²) in [5, 5.41) is 6.66. The molecule has 1 amide bonds. The highest BCUT2D eigenvalue weighted by Crippen LogP contribution is 2.40. The maximum atomic E-state index is 13.5. The van der Waals surface area contributed by atoms with Gasteiger partial charge in [0.1, 0.15) is 5.75 Å². The highest BCUT2D eigenvalue weighted by atomic mass is 16.5. The van der Waals surface area contributed by atoms with Gasteiger partial charge in [0.2, 0.25) is 0 Å². The molecule has 4 N–H and O–H groups in total. The second kappa shape index (κ2) is 12.8. The molecular weight excluding hydrogens is 526 g/mol. The number of benzene rings is 2. The number of hydrogen-bond donors (Lipinski definition) is 3. The first-order chi connectivity index (χ1) is 20.5. The minimum Gasteiger partial charge on any atom is -0.496 e. The van der Waals surface area contributed by atoms with Gasteiger partial charge in [0, 0.05) is 17.4 Å². The molecule has 1 aromatic heterocycles. The van der Waals surface area contributed by atoms with Crippen LogP contribution in [0.5, 0.6) is 5.75 Å². The van der Waals surface area contributed by atoms with Crippen molar-refractivity contribution >= 4 is 11.6 Å². The average molecular weight is 570 g/mol. The summed E-state index contributed by atoms with van der Waals surface area (Å²) in [4.78, 5) is 20.6. The Kier molecular flexibility index (Phi) is 8.74. The van der Waals surface area contributed by atoms with Gasteiger partial charge in [0.05, 0.1) is 44.1 Å². The molecule has 222 valence electrons. The van der Waals surface area contributed by atoms with Crippen LogP contribution in [0.3, 0.4) is 0 Å². The number of methoxy groups -OCH3 is 1. The predicted molar refractivity (Wildman–Crippen MR) is 165 cm³/mol. The number of carbonyl (C=O) groups excluding carboxylic acids is 1. The number of hydrogen-bond acceptors (Lipinski definition) is 7. The van der Waals surface area contributed by atoms with Crippen LogP contribution in [0.1, 0.15) is 70.5 Å². The molecule has 8 nitrogen and oxygen atoms in total. The molecule has 1 saturated carbocycles. The van der Waals surface area contributed by atoms with Crippen molar-refractivity contribution in [1.82, 2.24) is 20.5 Å². The smallest absolute Gasteiger partial charge is 0.251 e. The van der Waals surface area contributed by atoms with Gasteiger partial charge in [-0.1, -0.05) is 18.2 Å². The normalized spacial score (nSPS) is 19.6. The van der Waals surface area contributed by atoms with Crippen LogP contribution >= 0.6 is 0 Å². The molecule has 2 aliphatic heterocycles. The lowest BCUT2D eigenvalue weighted by Crippen LogP contribution is -2.51. The molecule has 3 fully saturated rings. The van der Waals surface area contributed by atoms with Crippen LogP contribution in [0, 0.1) is 11.8 Å². The Labute approximate surface area is 249 Å². The summed E-state index contributed by atoms with van der Waals surface area (Å²) in [6, 6.07) is 18.2. The number of aromatic nitrogens is 1. The molecule has 2 saturated heterocycles. The number of ether oxygens (including phenoxy) is 2. The first-order valence-corrected chi connectivity index (χ1v) is 15.3. The van der Waals surface area contributed by atoms with Crippen molar-refractivity contribution in [2.45, 2.75) is 50.2 Å². The molecule has 3 aliphatic rings. The highest BCUT2D eigenvalue weighted by molar-refractivity contribution is 5.95. The number of nitrogens with zero attached hydrogens (tertiary/aromatic N) is 2. The summed E-state index contributed by atoms with van der Waals surface area (Å²) in [6.45, 7) is 4.06. The minimum absolute atomic E-state index is 0.0870. The number of anilines is 1. The number of nitrogens with two attached hydrogens (primary N) is 1. The summed E-state index contributed by atoms with van der Waals surface area (Å²) in [7, 11) is 3.66. The van der Waals surface area contributed by atoms with E-state index in [0.717, 1.165) is 68.1 Å². The summed E-state index contributed by atoms with van der Waals surface area (Å²) in [5.41, 5.74) is 11.8. The van der Waals surface area contributed by atoms with Crippen LogP contribution in [0.2, 0.25) is 0 Å². The lowest BCUT2D eigenvalue weighted by Gasteiger charge is -2.41. The van der Waals surface area contributed by atoms with E-state index >= 15 is 0 Å². The molecule has 2 unspecified atom stereocenters. The first kappa shape index (κ1) is 28.6. The van der Waals surface area contributed by atoms with Crippen molar-refractivity contribution in [3.05, 3.63) is 88.7 Å². The standard InChI is InChI=1S/C34H43N5O3/c1-36-32(25-9-8-24(31(19-25)41-2)17-22-12-15-39(16-13-22)27-20-42-21-27)28-18-26(10-11-29(28)35)34(40)38-33(23-6-7-23)30-5-3-4-14-37-30/h3-5,8-11,14,18-19,22-23,27,32-33,36H,6-7,12-13,15-17,20-21,35H2,1-2H3,(H,38,40). The molecule has 0 spiro atoms. The van der Waals surface area contributed by atoms with E-state index in [9.17, 15) is 4.79 Å². The summed E-state index contributed by atoms with van der Waals surface area (Å²) in [6.07, 6.45) is 7.40. The van der Waals surface area contributed by atoms with Gasteiger partial charge in [-0.3, -0.25) is 14.7 Å². The molecule has 6 rings (SSSR count). The summed E-state index contributed by atoms with van der Waals surface area (Å²) >= 11 is 0. The number of likely N-dealkylation sites (tertiary alicyclic amines) is 1. The van der Waals surface area contributed by atoms with E-state index in [0.29, 0.717) is 29.1 Å². The van der Waals surface area contributed by atoms with Gasteiger partial charge in [-0.25, -0.2) is 0 Å². The second-order valence-corrected chi connectivity index (χ2v) is 12.1. The zero-order valence-corrected chi connectivity index (χ0v) is 24.7. The van der Waals surface area contributed by atoms with Crippen molar-refractivity contribution < 1.29 is 14.3 Å². The van der Waals surface area contributed by atoms with E-state index in [2.05, 4.69) is 38.7 Å². The van der Waals surface area contributed by atoms with E-state index in [1.54, 1.807) is 19.4 Å². The third-order valence-corrected chi connectivity index (χ3v) is 9.27. The largest absolute Gasteiger partial charge is 0.496 e. The third kappa shape index (κ3) is 6.31. The van der Waals surface area contributed by atoms with Crippen molar-refractivity contribution in [3.63, 3.8) is 0 Å². The van der Waals surface area contributed by atoms with Crippen LogP contribution in [-0.4, -0.2) is 62.3 Å². The lowest BCUT2D eigenvalue weighted by molar-refractivity contribution is -0.0737. The molecular formula is C34H43N5O3. The monoisotopic (exact) mass is 569 g/mol. The van der Waals surface area contributed by atoms with Gasteiger partial charge >= 0.3 is 0 Å². The van der Waals surface area contributed by atoms with E-state index in [1.165, 1.54) is 18.4 Å². The van der Waals surface area contributed by atoms with E-state index in [4.69, 9.17) is 15.2 Å². The topological polar surface area (TPSA) is 102 Å². The Hall–Kier alpha value is -3.46.